The van der Waals surface area contributed by atoms with Crippen molar-refractivity contribution >= 4 is 17.9 Å². The predicted octanol–water partition coefficient (Wildman–Crippen LogP) is 21.2. The molecule has 0 rings (SSSR count). The van der Waals surface area contributed by atoms with Crippen LogP contribution in [0.3, 0.4) is 0 Å². The second-order valence-electron chi connectivity index (χ2n) is 21.0. The molecule has 0 aromatic rings. The summed E-state index contributed by atoms with van der Waals surface area (Å²) in [5.41, 5.74) is 0. The summed E-state index contributed by atoms with van der Waals surface area (Å²) in [5.74, 6) is -0.857. The first kappa shape index (κ1) is 69.1. The number of ether oxygens (including phenoxy) is 3. The van der Waals surface area contributed by atoms with E-state index in [9.17, 15) is 14.4 Å². The van der Waals surface area contributed by atoms with Gasteiger partial charge in [0.2, 0.25) is 0 Å². The number of hydrogen-bond acceptors (Lipinski definition) is 6. The Kier molecular flexibility index (Phi) is 58.2. The molecule has 6 heteroatoms. The van der Waals surface area contributed by atoms with Gasteiger partial charge in [0.05, 0.1) is 0 Å². The first-order valence-corrected chi connectivity index (χ1v) is 31.3. The molecule has 0 aromatic heterocycles. The Morgan fingerprint density at radius 2 is 0.542 bits per heavy atom. The highest BCUT2D eigenvalue weighted by molar-refractivity contribution is 5.71. The van der Waals surface area contributed by atoms with Crippen molar-refractivity contribution in [1.29, 1.82) is 0 Å². The van der Waals surface area contributed by atoms with Crippen LogP contribution in [0.4, 0.5) is 0 Å². The van der Waals surface area contributed by atoms with E-state index in [1.165, 1.54) is 193 Å². The highest BCUT2D eigenvalue weighted by Crippen LogP contribution is 2.17. The summed E-state index contributed by atoms with van der Waals surface area (Å²) in [4.78, 5) is 38.0. The van der Waals surface area contributed by atoms with E-state index >= 15 is 0 Å². The van der Waals surface area contributed by atoms with Crippen LogP contribution in [0.15, 0.2) is 60.8 Å². The highest BCUT2D eigenvalue weighted by atomic mass is 16.6. The molecular weight excluding hydrogens is 889 g/mol. The third-order valence-electron chi connectivity index (χ3n) is 13.8. The van der Waals surface area contributed by atoms with Crippen molar-refractivity contribution in [1.82, 2.24) is 0 Å². The molecule has 0 fully saturated rings. The Labute approximate surface area is 447 Å². The molecule has 0 aliphatic rings. The summed E-state index contributed by atoms with van der Waals surface area (Å²) in [6, 6.07) is 0. The standard InChI is InChI=1S/C66H118O6/c1-4-7-10-13-16-18-20-22-24-25-26-27-28-29-30-31-32-33-34-35-36-37-38-39-40-41-42-44-45-47-50-53-56-59-65(68)71-62-63(61-70-64(67)58-55-52-49-15-12-9-6-3)72-66(69)60-57-54-51-48-46-43-23-21-19-17-14-11-8-5-2/h7,10,16,18,22,24,26-27,29-30,63H,4-6,8-9,11-15,17,19-21,23,25,28,31-62H2,1-3H3/b10-7-,18-16-,24-22-,27-26-,30-29-. The third-order valence-corrected chi connectivity index (χ3v) is 13.8. The molecule has 72 heavy (non-hydrogen) atoms. The van der Waals surface area contributed by atoms with E-state index < -0.39 is 6.10 Å². The van der Waals surface area contributed by atoms with E-state index in [0.717, 1.165) is 89.9 Å². The molecule has 1 unspecified atom stereocenters. The molecule has 6 nitrogen and oxygen atoms in total. The van der Waals surface area contributed by atoms with Gasteiger partial charge < -0.3 is 14.2 Å². The summed E-state index contributed by atoms with van der Waals surface area (Å²) in [5, 5.41) is 0. The van der Waals surface area contributed by atoms with Crippen molar-refractivity contribution in [2.75, 3.05) is 13.2 Å². The number of hydrogen-bond donors (Lipinski definition) is 0. The zero-order chi connectivity index (χ0) is 52.2. The number of rotatable bonds is 57. The molecule has 0 N–H and O–H groups in total. The van der Waals surface area contributed by atoms with Crippen molar-refractivity contribution < 1.29 is 28.6 Å². The van der Waals surface area contributed by atoms with Gasteiger partial charge in [-0.1, -0.05) is 300 Å². The quantitative estimate of drug-likeness (QED) is 0.0261. The SMILES string of the molecule is CC/C=C\C/C=C\C/C=C\C/C=C\C/C=C\CCCCCCCCCCCCCCCCCCCC(=O)OCC(COC(=O)CCCCCCCCC)OC(=O)CCCCCCCCCCCCCCCC. The van der Waals surface area contributed by atoms with Crippen LogP contribution in [-0.4, -0.2) is 37.2 Å². The van der Waals surface area contributed by atoms with Gasteiger partial charge in [-0.15, -0.1) is 0 Å². The van der Waals surface area contributed by atoms with E-state index in [-0.39, 0.29) is 31.1 Å². The second kappa shape index (κ2) is 60.7. The largest absolute Gasteiger partial charge is 0.462 e. The lowest BCUT2D eigenvalue weighted by Crippen LogP contribution is -2.30. The lowest BCUT2D eigenvalue weighted by Gasteiger charge is -2.18. The van der Waals surface area contributed by atoms with Gasteiger partial charge in [-0.2, -0.15) is 0 Å². The summed E-state index contributed by atoms with van der Waals surface area (Å²) in [6.07, 6.45) is 76.9. The van der Waals surface area contributed by atoms with E-state index in [1.54, 1.807) is 0 Å². The number of allylic oxidation sites excluding steroid dienone is 10. The van der Waals surface area contributed by atoms with Crippen LogP contribution in [0.25, 0.3) is 0 Å². The van der Waals surface area contributed by atoms with Gasteiger partial charge in [0.1, 0.15) is 13.2 Å². The zero-order valence-corrected chi connectivity index (χ0v) is 47.9. The van der Waals surface area contributed by atoms with Crippen LogP contribution in [-0.2, 0) is 28.6 Å². The fourth-order valence-corrected chi connectivity index (χ4v) is 9.12. The Morgan fingerprint density at radius 1 is 0.292 bits per heavy atom. The second-order valence-corrected chi connectivity index (χ2v) is 21.0. The molecule has 0 saturated heterocycles. The van der Waals surface area contributed by atoms with Gasteiger partial charge in [0.15, 0.2) is 6.10 Å². The molecule has 0 amide bonds. The first-order valence-electron chi connectivity index (χ1n) is 31.3. The third kappa shape index (κ3) is 58.0. The van der Waals surface area contributed by atoms with Crippen molar-refractivity contribution in [3.63, 3.8) is 0 Å². The van der Waals surface area contributed by atoms with Crippen LogP contribution in [0.2, 0.25) is 0 Å². The minimum Gasteiger partial charge on any atom is -0.462 e. The topological polar surface area (TPSA) is 78.9 Å². The van der Waals surface area contributed by atoms with Crippen LogP contribution in [0.1, 0.15) is 323 Å². The lowest BCUT2D eigenvalue weighted by atomic mass is 10.0. The van der Waals surface area contributed by atoms with Crippen LogP contribution >= 0.6 is 0 Å². The summed E-state index contributed by atoms with van der Waals surface area (Å²) in [7, 11) is 0. The molecule has 0 bridgehead atoms. The van der Waals surface area contributed by atoms with E-state index in [4.69, 9.17) is 14.2 Å². The number of esters is 3. The van der Waals surface area contributed by atoms with Crippen molar-refractivity contribution in [3.05, 3.63) is 60.8 Å². The fourth-order valence-electron chi connectivity index (χ4n) is 9.12. The Bertz CT molecular complexity index is 1290. The number of carbonyl (C=O) groups is 3. The van der Waals surface area contributed by atoms with Crippen LogP contribution in [0.5, 0.6) is 0 Å². The maximum Gasteiger partial charge on any atom is 0.306 e. The average Bonchev–Trinajstić information content (AvgIpc) is 3.38. The van der Waals surface area contributed by atoms with E-state index in [0.29, 0.717) is 19.3 Å². The van der Waals surface area contributed by atoms with Gasteiger partial charge in [-0.25, -0.2) is 0 Å². The minimum atomic E-state index is -0.766. The summed E-state index contributed by atoms with van der Waals surface area (Å²) >= 11 is 0. The monoisotopic (exact) mass is 1010 g/mol. The number of unbranched alkanes of at least 4 members (excludes halogenated alkanes) is 36. The Hall–Kier alpha value is -2.89. The molecule has 418 valence electrons. The maximum absolute atomic E-state index is 12.8. The normalized spacial score (nSPS) is 12.4. The van der Waals surface area contributed by atoms with E-state index in [1.807, 2.05) is 0 Å². The minimum absolute atomic E-state index is 0.0680. The van der Waals surface area contributed by atoms with Gasteiger partial charge in [-0.3, -0.25) is 14.4 Å². The molecule has 0 saturated carbocycles. The van der Waals surface area contributed by atoms with E-state index in [2.05, 4.69) is 81.5 Å². The maximum atomic E-state index is 12.8. The molecule has 0 aromatic carbocycles. The molecule has 1 atom stereocenters. The highest BCUT2D eigenvalue weighted by Gasteiger charge is 2.19. The predicted molar refractivity (Wildman–Crippen MR) is 312 cm³/mol. The Morgan fingerprint density at radius 3 is 0.847 bits per heavy atom. The van der Waals surface area contributed by atoms with Gasteiger partial charge in [-0.05, 0) is 64.2 Å². The average molecular weight is 1010 g/mol. The van der Waals surface area contributed by atoms with Gasteiger partial charge in [0, 0.05) is 19.3 Å². The molecule has 0 heterocycles. The molecule has 0 radical (unpaired) electrons. The fraction of sp³-hybridized carbons (Fsp3) is 0.803. The Balaban J connectivity index is 3.98. The lowest BCUT2D eigenvalue weighted by molar-refractivity contribution is -0.167. The van der Waals surface area contributed by atoms with Gasteiger partial charge >= 0.3 is 17.9 Å². The van der Waals surface area contributed by atoms with Gasteiger partial charge in [0.25, 0.3) is 0 Å². The molecular formula is C66H118O6. The van der Waals surface area contributed by atoms with Crippen LogP contribution < -0.4 is 0 Å². The number of carbonyl (C=O) groups excluding carboxylic acids is 3. The van der Waals surface area contributed by atoms with Crippen molar-refractivity contribution in [2.24, 2.45) is 0 Å². The summed E-state index contributed by atoms with van der Waals surface area (Å²) < 4.78 is 16.8. The molecule has 0 aliphatic heterocycles. The first-order chi connectivity index (χ1) is 35.5. The van der Waals surface area contributed by atoms with Crippen molar-refractivity contribution in [3.8, 4) is 0 Å². The smallest absolute Gasteiger partial charge is 0.306 e. The zero-order valence-electron chi connectivity index (χ0n) is 47.9. The van der Waals surface area contributed by atoms with Crippen LogP contribution in [0, 0.1) is 0 Å². The van der Waals surface area contributed by atoms with Crippen molar-refractivity contribution in [2.45, 2.75) is 329 Å². The molecule has 0 aliphatic carbocycles. The summed E-state index contributed by atoms with van der Waals surface area (Å²) in [6.45, 7) is 6.52. The molecule has 0 spiro atoms.